The van der Waals surface area contributed by atoms with E-state index in [-0.39, 0.29) is 6.04 Å². The first kappa shape index (κ1) is 14.0. The van der Waals surface area contributed by atoms with Crippen molar-refractivity contribution in [2.75, 3.05) is 5.75 Å². The van der Waals surface area contributed by atoms with Crippen LogP contribution in [0.1, 0.15) is 55.7 Å². The highest BCUT2D eigenvalue weighted by Crippen LogP contribution is 2.34. The zero-order valence-electron chi connectivity index (χ0n) is 12.5. The molecule has 3 atom stereocenters. The highest BCUT2D eigenvalue weighted by Gasteiger charge is 2.29. The van der Waals surface area contributed by atoms with E-state index >= 15 is 0 Å². The second-order valence-electron chi connectivity index (χ2n) is 5.96. The molecule has 2 aliphatic rings. The zero-order chi connectivity index (χ0) is 14.1. The van der Waals surface area contributed by atoms with Crippen LogP contribution in [-0.4, -0.2) is 22.1 Å². The Morgan fingerprint density at radius 3 is 2.85 bits per heavy atom. The minimum absolute atomic E-state index is 0.202. The summed E-state index contributed by atoms with van der Waals surface area (Å²) in [6.45, 7) is 6.13. The molecule has 3 rings (SSSR count). The van der Waals surface area contributed by atoms with Crippen molar-refractivity contribution in [2.24, 2.45) is 10.9 Å². The Hall–Kier alpha value is -0.970. The van der Waals surface area contributed by atoms with E-state index in [4.69, 9.17) is 9.52 Å². The largest absolute Gasteiger partial charge is 0.361 e. The molecule has 0 spiro atoms. The van der Waals surface area contributed by atoms with Gasteiger partial charge in [-0.25, -0.2) is 0 Å². The van der Waals surface area contributed by atoms with Crippen molar-refractivity contribution in [2.45, 2.75) is 58.5 Å². The van der Waals surface area contributed by atoms with Gasteiger partial charge >= 0.3 is 0 Å². The summed E-state index contributed by atoms with van der Waals surface area (Å²) in [4.78, 5) is 4.93. The number of fused-ring (bicyclic) bond motifs is 1. The van der Waals surface area contributed by atoms with E-state index in [1.54, 1.807) is 0 Å². The molecular weight excluding hydrogens is 270 g/mol. The number of amidine groups is 1. The molecular formula is C15H23N3OS. The molecule has 2 heterocycles. The van der Waals surface area contributed by atoms with Crippen molar-refractivity contribution in [3.05, 3.63) is 17.0 Å². The first-order valence-electron chi connectivity index (χ1n) is 7.55. The van der Waals surface area contributed by atoms with Gasteiger partial charge in [0.25, 0.3) is 0 Å². The van der Waals surface area contributed by atoms with Crippen LogP contribution in [0.2, 0.25) is 0 Å². The third kappa shape index (κ3) is 2.73. The minimum atomic E-state index is 0.202. The van der Waals surface area contributed by atoms with Gasteiger partial charge in [0.2, 0.25) is 0 Å². The van der Waals surface area contributed by atoms with Crippen LogP contribution < -0.4 is 5.32 Å². The molecule has 0 saturated heterocycles. The highest BCUT2D eigenvalue weighted by atomic mass is 32.2. The molecule has 0 amide bonds. The summed E-state index contributed by atoms with van der Waals surface area (Å²) in [6.07, 6.45) is 5.33. The van der Waals surface area contributed by atoms with Gasteiger partial charge in [-0.1, -0.05) is 29.8 Å². The number of aliphatic imine (C=N–C) groups is 1. The van der Waals surface area contributed by atoms with Gasteiger partial charge in [-0.2, -0.15) is 0 Å². The maximum atomic E-state index is 5.25. The molecule has 1 fully saturated rings. The molecule has 1 aromatic heterocycles. The molecule has 0 bridgehead atoms. The number of thioether (sulfide) groups is 1. The van der Waals surface area contributed by atoms with Crippen LogP contribution in [0.15, 0.2) is 9.52 Å². The van der Waals surface area contributed by atoms with Crippen molar-refractivity contribution in [1.82, 2.24) is 10.5 Å². The Morgan fingerprint density at radius 1 is 1.30 bits per heavy atom. The van der Waals surface area contributed by atoms with Crippen LogP contribution in [0.3, 0.4) is 0 Å². The van der Waals surface area contributed by atoms with Crippen molar-refractivity contribution in [3.63, 3.8) is 0 Å². The molecule has 1 N–H and O–H groups in total. The minimum Gasteiger partial charge on any atom is -0.361 e. The van der Waals surface area contributed by atoms with Gasteiger partial charge < -0.3 is 9.84 Å². The summed E-state index contributed by atoms with van der Waals surface area (Å²) in [5.41, 5.74) is 2.14. The monoisotopic (exact) mass is 293 g/mol. The molecule has 0 aromatic carbocycles. The van der Waals surface area contributed by atoms with E-state index in [1.807, 2.05) is 25.6 Å². The number of hydrogen-bond donors (Lipinski definition) is 1. The van der Waals surface area contributed by atoms with Crippen LogP contribution in [0.4, 0.5) is 0 Å². The lowest BCUT2D eigenvalue weighted by atomic mass is 9.86. The maximum Gasteiger partial charge on any atom is 0.157 e. The van der Waals surface area contributed by atoms with Crippen LogP contribution >= 0.6 is 11.8 Å². The van der Waals surface area contributed by atoms with Crippen molar-refractivity contribution in [3.8, 4) is 0 Å². The Bertz CT molecular complexity index is 492. The van der Waals surface area contributed by atoms with E-state index in [0.717, 1.165) is 22.5 Å². The molecule has 4 nitrogen and oxygen atoms in total. The fourth-order valence-corrected chi connectivity index (χ4v) is 4.60. The molecule has 3 unspecified atom stereocenters. The lowest BCUT2D eigenvalue weighted by Crippen LogP contribution is -2.35. The summed E-state index contributed by atoms with van der Waals surface area (Å²) < 4.78 is 5.25. The maximum absolute atomic E-state index is 5.25. The van der Waals surface area contributed by atoms with Gasteiger partial charge in [-0.3, -0.25) is 4.99 Å². The number of rotatable bonds is 2. The standard InChI is InChI=1S/C15H23N3OS/c1-9(14-10(2)18-19-11(14)3)16-15-17-13-7-5-4-6-12(13)8-20-15/h9,12-13H,4-8H2,1-3H3,(H,16,17). The first-order valence-corrected chi connectivity index (χ1v) is 8.53. The van der Waals surface area contributed by atoms with E-state index in [9.17, 15) is 0 Å². The van der Waals surface area contributed by atoms with E-state index in [0.29, 0.717) is 6.04 Å². The molecule has 20 heavy (non-hydrogen) atoms. The molecule has 1 aromatic rings. The van der Waals surface area contributed by atoms with Crippen LogP contribution in [0.25, 0.3) is 0 Å². The Labute approximate surface area is 124 Å². The van der Waals surface area contributed by atoms with Gasteiger partial charge in [0, 0.05) is 11.3 Å². The number of aryl methyl sites for hydroxylation is 2. The lowest BCUT2D eigenvalue weighted by molar-refractivity contribution is 0.335. The summed E-state index contributed by atoms with van der Waals surface area (Å²) in [6, 6.07) is 0.747. The van der Waals surface area contributed by atoms with Gasteiger partial charge in [-0.05, 0) is 39.5 Å². The lowest BCUT2D eigenvalue weighted by Gasteiger charge is -2.33. The molecule has 5 heteroatoms. The van der Waals surface area contributed by atoms with Crippen molar-refractivity contribution >= 4 is 16.9 Å². The molecule has 0 radical (unpaired) electrons. The van der Waals surface area contributed by atoms with Gasteiger partial charge in [0.15, 0.2) is 5.17 Å². The highest BCUT2D eigenvalue weighted by molar-refractivity contribution is 8.13. The third-order valence-corrected chi connectivity index (χ3v) is 5.54. The van der Waals surface area contributed by atoms with Crippen molar-refractivity contribution < 1.29 is 4.52 Å². The van der Waals surface area contributed by atoms with Gasteiger partial charge in [0.1, 0.15) is 5.76 Å². The quantitative estimate of drug-likeness (QED) is 0.905. The zero-order valence-corrected chi connectivity index (χ0v) is 13.3. The second kappa shape index (κ2) is 5.80. The molecule has 110 valence electrons. The fourth-order valence-electron chi connectivity index (χ4n) is 3.37. The number of aromatic nitrogens is 1. The number of hydrogen-bond acceptors (Lipinski definition) is 5. The predicted molar refractivity (Wildman–Crippen MR) is 83.2 cm³/mol. The van der Waals surface area contributed by atoms with Gasteiger partial charge in [-0.15, -0.1) is 0 Å². The third-order valence-electron chi connectivity index (χ3n) is 4.45. The molecule has 1 saturated carbocycles. The normalized spacial score (nSPS) is 27.6. The summed E-state index contributed by atoms with van der Waals surface area (Å²) in [5, 5.41) is 8.68. The summed E-state index contributed by atoms with van der Waals surface area (Å²) >= 11 is 1.87. The fraction of sp³-hybridized carbons (Fsp3) is 0.733. The second-order valence-corrected chi connectivity index (χ2v) is 6.97. The topological polar surface area (TPSA) is 50.4 Å². The Balaban J connectivity index is 1.70. The molecule has 1 aliphatic carbocycles. The summed E-state index contributed by atoms with van der Waals surface area (Å²) in [5.74, 6) is 2.92. The summed E-state index contributed by atoms with van der Waals surface area (Å²) in [7, 11) is 0. The smallest absolute Gasteiger partial charge is 0.157 e. The average molecular weight is 293 g/mol. The van der Waals surface area contributed by atoms with E-state index in [1.165, 1.54) is 37.0 Å². The number of nitrogens with zero attached hydrogens (tertiary/aromatic N) is 2. The molecule has 1 aliphatic heterocycles. The van der Waals surface area contributed by atoms with E-state index in [2.05, 4.69) is 17.4 Å². The predicted octanol–water partition coefficient (Wildman–Crippen LogP) is 3.60. The first-order chi connectivity index (χ1) is 9.65. The van der Waals surface area contributed by atoms with Crippen molar-refractivity contribution in [1.29, 1.82) is 0 Å². The van der Waals surface area contributed by atoms with Crippen LogP contribution in [-0.2, 0) is 0 Å². The SMILES string of the molecule is Cc1noc(C)c1C(C)NC1=NC2CCCCC2CS1. The Kier molecular flexibility index (Phi) is 4.06. The number of nitrogens with one attached hydrogen (secondary N) is 1. The average Bonchev–Trinajstić information content (AvgIpc) is 2.78. The van der Waals surface area contributed by atoms with Crippen LogP contribution in [0.5, 0.6) is 0 Å². The Morgan fingerprint density at radius 2 is 2.10 bits per heavy atom. The van der Waals surface area contributed by atoms with Crippen LogP contribution in [0, 0.1) is 19.8 Å². The van der Waals surface area contributed by atoms with E-state index < -0.39 is 0 Å². The van der Waals surface area contributed by atoms with Gasteiger partial charge in [0.05, 0.1) is 17.8 Å².